The predicted octanol–water partition coefficient (Wildman–Crippen LogP) is 5.45. The fourth-order valence-electron chi connectivity index (χ4n) is 4.26. The first-order chi connectivity index (χ1) is 15.0. The fraction of sp³-hybridized carbons (Fsp3) is 0.462. The third kappa shape index (κ3) is 6.57. The molecule has 1 aliphatic rings. The third-order valence-corrected chi connectivity index (χ3v) is 6.48. The van der Waals surface area contributed by atoms with E-state index in [2.05, 4.69) is 5.32 Å². The van der Waals surface area contributed by atoms with Gasteiger partial charge in [0.2, 0.25) is 11.8 Å². The van der Waals surface area contributed by atoms with Gasteiger partial charge in [0.15, 0.2) is 0 Å². The molecule has 31 heavy (non-hydrogen) atoms. The summed E-state index contributed by atoms with van der Waals surface area (Å²) in [4.78, 5) is 28.3. The van der Waals surface area contributed by atoms with Crippen molar-refractivity contribution in [1.29, 1.82) is 0 Å². The molecular weight excluding hydrogens is 408 g/mol. The Morgan fingerprint density at radius 3 is 2.39 bits per heavy atom. The lowest BCUT2D eigenvalue weighted by molar-refractivity contribution is -0.141. The SMILES string of the molecule is CC[C@@H](C(=O)NC1CCCCC1)N(Cc1ccccc1Cl)C(=O)Cc1ccc(C)cc1. The number of nitrogens with zero attached hydrogens (tertiary/aromatic N) is 1. The van der Waals surface area contributed by atoms with Crippen molar-refractivity contribution in [3.05, 3.63) is 70.2 Å². The first-order valence-electron chi connectivity index (χ1n) is 11.4. The van der Waals surface area contributed by atoms with Crippen LogP contribution in [0.15, 0.2) is 48.5 Å². The van der Waals surface area contributed by atoms with Crippen molar-refractivity contribution in [2.75, 3.05) is 0 Å². The first kappa shape index (κ1) is 23.3. The summed E-state index contributed by atoms with van der Waals surface area (Å²) in [6.45, 7) is 4.31. The van der Waals surface area contributed by atoms with E-state index in [1.165, 1.54) is 6.42 Å². The van der Waals surface area contributed by atoms with Crippen LogP contribution in [0, 0.1) is 6.92 Å². The summed E-state index contributed by atoms with van der Waals surface area (Å²) in [6.07, 6.45) is 6.39. The van der Waals surface area contributed by atoms with Crippen LogP contribution in [0.4, 0.5) is 0 Å². The lowest BCUT2D eigenvalue weighted by atomic mass is 9.95. The van der Waals surface area contributed by atoms with Crippen LogP contribution >= 0.6 is 11.6 Å². The highest BCUT2D eigenvalue weighted by molar-refractivity contribution is 6.31. The standard InChI is InChI=1S/C26H33ClN2O2/c1-3-24(26(31)28-22-10-5-4-6-11-22)29(18-21-9-7-8-12-23(21)27)25(30)17-20-15-13-19(2)14-16-20/h7-9,12-16,22,24H,3-6,10-11,17-18H2,1-2H3,(H,28,31)/t24-/m0/s1. The van der Waals surface area contributed by atoms with Gasteiger partial charge in [0.1, 0.15) is 6.04 Å². The summed E-state index contributed by atoms with van der Waals surface area (Å²) < 4.78 is 0. The summed E-state index contributed by atoms with van der Waals surface area (Å²) in [5, 5.41) is 3.82. The average Bonchev–Trinajstić information content (AvgIpc) is 2.77. The van der Waals surface area contributed by atoms with E-state index in [4.69, 9.17) is 11.6 Å². The van der Waals surface area contributed by atoms with Crippen molar-refractivity contribution in [2.24, 2.45) is 0 Å². The number of benzene rings is 2. The molecule has 2 aromatic rings. The number of rotatable bonds is 8. The second kappa shape index (κ2) is 11.3. The molecule has 1 aliphatic carbocycles. The Morgan fingerprint density at radius 2 is 1.74 bits per heavy atom. The van der Waals surface area contributed by atoms with E-state index in [-0.39, 0.29) is 24.3 Å². The summed E-state index contributed by atoms with van der Waals surface area (Å²) in [7, 11) is 0. The quantitative estimate of drug-likeness (QED) is 0.593. The molecule has 0 aromatic heterocycles. The average molecular weight is 441 g/mol. The van der Waals surface area contributed by atoms with Crippen LogP contribution in [0.1, 0.15) is 62.1 Å². The number of nitrogens with one attached hydrogen (secondary N) is 1. The maximum atomic E-state index is 13.4. The molecule has 2 amide bonds. The van der Waals surface area contributed by atoms with Crippen LogP contribution in [0.25, 0.3) is 0 Å². The van der Waals surface area contributed by atoms with Crippen LogP contribution in [0.2, 0.25) is 5.02 Å². The molecule has 1 saturated carbocycles. The third-order valence-electron chi connectivity index (χ3n) is 6.11. The highest BCUT2D eigenvalue weighted by atomic mass is 35.5. The molecule has 1 fully saturated rings. The molecule has 0 radical (unpaired) electrons. The fourth-order valence-corrected chi connectivity index (χ4v) is 4.45. The first-order valence-corrected chi connectivity index (χ1v) is 11.7. The second-order valence-corrected chi connectivity index (χ2v) is 8.95. The normalized spacial score (nSPS) is 15.3. The Hall–Kier alpha value is -2.33. The van der Waals surface area contributed by atoms with Crippen LogP contribution < -0.4 is 5.32 Å². The zero-order valence-electron chi connectivity index (χ0n) is 18.6. The topological polar surface area (TPSA) is 49.4 Å². The maximum absolute atomic E-state index is 13.4. The summed E-state index contributed by atoms with van der Waals surface area (Å²) >= 11 is 6.40. The minimum atomic E-state index is -0.517. The lowest BCUT2D eigenvalue weighted by Gasteiger charge is -2.33. The Balaban J connectivity index is 1.81. The number of halogens is 1. The number of hydrogen-bond donors (Lipinski definition) is 1. The van der Waals surface area contributed by atoms with Gasteiger partial charge in [-0.05, 0) is 43.4 Å². The number of carbonyl (C=O) groups is 2. The van der Waals surface area contributed by atoms with Crippen LogP contribution in [0.5, 0.6) is 0 Å². The largest absolute Gasteiger partial charge is 0.352 e. The van der Waals surface area contributed by atoms with Gasteiger partial charge in [-0.2, -0.15) is 0 Å². The van der Waals surface area contributed by atoms with Gasteiger partial charge in [0.05, 0.1) is 6.42 Å². The van der Waals surface area contributed by atoms with Gasteiger partial charge in [-0.3, -0.25) is 9.59 Å². The van der Waals surface area contributed by atoms with Gasteiger partial charge < -0.3 is 10.2 Å². The zero-order chi connectivity index (χ0) is 22.2. The van der Waals surface area contributed by atoms with Crippen LogP contribution in [0.3, 0.4) is 0 Å². The molecule has 0 spiro atoms. The smallest absolute Gasteiger partial charge is 0.243 e. The highest BCUT2D eigenvalue weighted by Crippen LogP contribution is 2.22. The molecular formula is C26H33ClN2O2. The molecule has 0 bridgehead atoms. The van der Waals surface area contributed by atoms with Crippen LogP contribution in [-0.4, -0.2) is 28.8 Å². The number of hydrogen-bond acceptors (Lipinski definition) is 2. The van der Waals surface area contributed by atoms with Crippen molar-refractivity contribution >= 4 is 23.4 Å². The van der Waals surface area contributed by atoms with E-state index in [1.807, 2.05) is 62.4 Å². The second-order valence-electron chi connectivity index (χ2n) is 8.54. The molecule has 4 nitrogen and oxygen atoms in total. The van der Waals surface area contributed by atoms with Crippen molar-refractivity contribution < 1.29 is 9.59 Å². The van der Waals surface area contributed by atoms with Gasteiger partial charge >= 0.3 is 0 Å². The number of carbonyl (C=O) groups excluding carboxylic acids is 2. The van der Waals surface area contributed by atoms with Crippen molar-refractivity contribution in [2.45, 2.75) is 77.4 Å². The molecule has 0 unspecified atom stereocenters. The van der Waals surface area contributed by atoms with Crippen molar-refractivity contribution in [3.8, 4) is 0 Å². The van der Waals surface area contributed by atoms with E-state index in [0.717, 1.165) is 42.4 Å². The van der Waals surface area contributed by atoms with Crippen LogP contribution in [-0.2, 0) is 22.6 Å². The molecule has 0 heterocycles. The Labute approximate surface area is 191 Å². The molecule has 5 heteroatoms. The highest BCUT2D eigenvalue weighted by Gasteiger charge is 2.30. The molecule has 0 aliphatic heterocycles. The molecule has 0 saturated heterocycles. The summed E-state index contributed by atoms with van der Waals surface area (Å²) in [6, 6.07) is 15.2. The van der Waals surface area contributed by atoms with E-state index in [1.54, 1.807) is 4.90 Å². The van der Waals surface area contributed by atoms with E-state index >= 15 is 0 Å². The number of amides is 2. The monoisotopic (exact) mass is 440 g/mol. The maximum Gasteiger partial charge on any atom is 0.243 e. The van der Waals surface area contributed by atoms with Crippen molar-refractivity contribution in [3.63, 3.8) is 0 Å². The van der Waals surface area contributed by atoms with Gasteiger partial charge in [-0.1, -0.05) is 85.8 Å². The minimum Gasteiger partial charge on any atom is -0.352 e. The van der Waals surface area contributed by atoms with Gasteiger partial charge in [0, 0.05) is 17.6 Å². The summed E-state index contributed by atoms with van der Waals surface area (Å²) in [5.41, 5.74) is 2.95. The minimum absolute atomic E-state index is 0.0568. The van der Waals surface area contributed by atoms with E-state index < -0.39 is 6.04 Å². The van der Waals surface area contributed by atoms with E-state index in [0.29, 0.717) is 18.0 Å². The molecule has 2 aromatic carbocycles. The number of aryl methyl sites for hydroxylation is 1. The predicted molar refractivity (Wildman–Crippen MR) is 126 cm³/mol. The van der Waals surface area contributed by atoms with Gasteiger partial charge in [0.25, 0.3) is 0 Å². The van der Waals surface area contributed by atoms with E-state index in [9.17, 15) is 9.59 Å². The Morgan fingerprint density at radius 1 is 1.06 bits per heavy atom. The Kier molecular flexibility index (Phi) is 8.53. The molecule has 3 rings (SSSR count). The summed E-state index contributed by atoms with van der Waals surface area (Å²) in [5.74, 6) is -0.117. The molecule has 1 atom stereocenters. The van der Waals surface area contributed by atoms with Crippen molar-refractivity contribution in [1.82, 2.24) is 10.2 Å². The Bertz CT molecular complexity index is 875. The zero-order valence-corrected chi connectivity index (χ0v) is 19.3. The molecule has 1 N–H and O–H groups in total. The van der Waals surface area contributed by atoms with Gasteiger partial charge in [-0.25, -0.2) is 0 Å². The lowest BCUT2D eigenvalue weighted by Crippen LogP contribution is -2.52. The van der Waals surface area contributed by atoms with Gasteiger partial charge in [-0.15, -0.1) is 0 Å². The molecule has 166 valence electrons.